The lowest BCUT2D eigenvalue weighted by Gasteiger charge is -2.46. The zero-order chi connectivity index (χ0) is 18.3. The highest BCUT2D eigenvalue weighted by molar-refractivity contribution is 8.03. The summed E-state index contributed by atoms with van der Waals surface area (Å²) in [6.45, 7) is 3.69. The number of amides is 1. The van der Waals surface area contributed by atoms with Crippen LogP contribution < -0.4 is 5.32 Å². The van der Waals surface area contributed by atoms with Gasteiger partial charge in [-0.1, -0.05) is 19.1 Å². The number of aliphatic carboxylic acids is 1. The van der Waals surface area contributed by atoms with E-state index in [1.165, 1.54) is 22.7 Å². The molecule has 0 aromatic carbocycles. The SMILES string of the molecule is C[C@@H](O)[C@H]1C(=O)N2C(C(=O)O)=C(S[C@@H]3CN[C@H](/C=C/CF)C3)[C@H](C)[C@H]12. The van der Waals surface area contributed by atoms with Gasteiger partial charge in [0.2, 0.25) is 5.91 Å². The summed E-state index contributed by atoms with van der Waals surface area (Å²) in [4.78, 5) is 26.1. The predicted octanol–water partition coefficient (Wildman–Crippen LogP) is 1.13. The van der Waals surface area contributed by atoms with E-state index in [1.807, 2.05) is 6.92 Å². The summed E-state index contributed by atoms with van der Waals surface area (Å²) in [6, 6.07) is -0.194. The number of fused-ring (bicyclic) bond motifs is 1. The maximum atomic E-state index is 12.3. The van der Waals surface area contributed by atoms with Crippen LogP contribution in [0.1, 0.15) is 20.3 Å². The second kappa shape index (κ2) is 7.09. The summed E-state index contributed by atoms with van der Waals surface area (Å²) in [5, 5.41) is 22.9. The summed E-state index contributed by atoms with van der Waals surface area (Å²) in [5.41, 5.74) is 0.0622. The molecule has 0 aromatic rings. The maximum absolute atomic E-state index is 12.3. The Kier molecular flexibility index (Phi) is 5.22. The molecule has 2 fully saturated rings. The van der Waals surface area contributed by atoms with Crippen molar-refractivity contribution in [3.05, 3.63) is 22.8 Å². The monoisotopic (exact) mass is 370 g/mol. The van der Waals surface area contributed by atoms with Crippen LogP contribution in [-0.2, 0) is 9.59 Å². The number of aliphatic hydroxyl groups excluding tert-OH is 1. The number of allylic oxidation sites excluding steroid dienone is 1. The molecule has 25 heavy (non-hydrogen) atoms. The van der Waals surface area contributed by atoms with Crippen molar-refractivity contribution in [3.8, 4) is 0 Å². The molecule has 0 radical (unpaired) electrons. The first kappa shape index (κ1) is 18.4. The van der Waals surface area contributed by atoms with E-state index in [0.717, 1.165) is 6.42 Å². The maximum Gasteiger partial charge on any atom is 0.353 e. The second-order valence-corrected chi connectivity index (χ2v) is 8.19. The van der Waals surface area contributed by atoms with Gasteiger partial charge in [0.15, 0.2) is 0 Å². The van der Waals surface area contributed by atoms with Crippen LogP contribution in [0.25, 0.3) is 0 Å². The van der Waals surface area contributed by atoms with Crippen LogP contribution in [0.4, 0.5) is 4.39 Å². The normalized spacial score (nSPS) is 36.1. The summed E-state index contributed by atoms with van der Waals surface area (Å²) < 4.78 is 12.2. The van der Waals surface area contributed by atoms with Crippen molar-refractivity contribution in [1.82, 2.24) is 10.2 Å². The first-order chi connectivity index (χ1) is 11.9. The standard InChI is InChI=1S/C17H23FN2O4S/c1-8-13-12(9(2)21)16(22)20(13)14(17(23)24)15(8)25-11-6-10(19-7-11)4-3-5-18/h3-4,8-13,19,21H,5-7H2,1-2H3,(H,23,24)/b4-3+/t8-,9-,10-,11+,12-,13-/m1/s1. The van der Waals surface area contributed by atoms with Gasteiger partial charge in [-0.05, 0) is 13.3 Å². The Hall–Kier alpha value is -1.38. The van der Waals surface area contributed by atoms with E-state index in [1.54, 1.807) is 13.0 Å². The third kappa shape index (κ3) is 3.11. The van der Waals surface area contributed by atoms with Gasteiger partial charge in [0.1, 0.15) is 12.4 Å². The third-order valence-electron chi connectivity index (χ3n) is 5.19. The van der Waals surface area contributed by atoms with Crippen molar-refractivity contribution in [2.45, 2.75) is 43.7 Å². The van der Waals surface area contributed by atoms with Crippen LogP contribution in [-0.4, -0.2) is 63.6 Å². The molecular weight excluding hydrogens is 347 g/mol. The van der Waals surface area contributed by atoms with Gasteiger partial charge in [-0.15, -0.1) is 11.8 Å². The number of rotatable bonds is 6. The van der Waals surface area contributed by atoms with E-state index in [0.29, 0.717) is 11.4 Å². The van der Waals surface area contributed by atoms with E-state index in [2.05, 4.69) is 5.32 Å². The van der Waals surface area contributed by atoms with E-state index >= 15 is 0 Å². The zero-order valence-corrected chi connectivity index (χ0v) is 15.0. The Bertz CT molecular complexity index is 636. The molecule has 0 unspecified atom stereocenters. The number of nitrogens with one attached hydrogen (secondary N) is 1. The quantitative estimate of drug-likeness (QED) is 0.480. The highest BCUT2D eigenvalue weighted by atomic mass is 32.2. The molecule has 3 heterocycles. The molecule has 0 aliphatic carbocycles. The van der Waals surface area contributed by atoms with Crippen molar-refractivity contribution < 1.29 is 24.2 Å². The molecule has 0 spiro atoms. The number of nitrogens with zero attached hydrogens (tertiary/aromatic N) is 1. The number of aliphatic hydroxyl groups is 1. The minimum absolute atomic E-state index is 0.0622. The highest BCUT2D eigenvalue weighted by Gasteiger charge is 2.60. The van der Waals surface area contributed by atoms with Crippen molar-refractivity contribution in [2.24, 2.45) is 11.8 Å². The molecule has 3 rings (SSSR count). The van der Waals surface area contributed by atoms with Gasteiger partial charge < -0.3 is 20.4 Å². The Morgan fingerprint density at radius 1 is 1.56 bits per heavy atom. The molecule has 0 aromatic heterocycles. The van der Waals surface area contributed by atoms with Gasteiger partial charge in [-0.3, -0.25) is 4.79 Å². The summed E-state index contributed by atoms with van der Waals surface area (Å²) in [5.74, 6) is -2.07. The van der Waals surface area contributed by atoms with Crippen LogP contribution in [0.5, 0.6) is 0 Å². The number of thioether (sulfide) groups is 1. The van der Waals surface area contributed by atoms with Crippen LogP contribution in [0.3, 0.4) is 0 Å². The Morgan fingerprint density at radius 2 is 2.28 bits per heavy atom. The van der Waals surface area contributed by atoms with Gasteiger partial charge in [0, 0.05) is 28.7 Å². The Morgan fingerprint density at radius 3 is 2.88 bits per heavy atom. The van der Waals surface area contributed by atoms with E-state index in [4.69, 9.17) is 0 Å². The van der Waals surface area contributed by atoms with Gasteiger partial charge in [-0.2, -0.15) is 0 Å². The summed E-state index contributed by atoms with van der Waals surface area (Å²) in [6.07, 6.45) is 3.26. The first-order valence-corrected chi connectivity index (χ1v) is 9.36. The molecule has 6 nitrogen and oxygen atoms in total. The fraction of sp³-hybridized carbons (Fsp3) is 0.647. The topological polar surface area (TPSA) is 89.9 Å². The van der Waals surface area contributed by atoms with Crippen LogP contribution in [0.2, 0.25) is 0 Å². The second-order valence-electron chi connectivity index (χ2n) is 6.84. The van der Waals surface area contributed by atoms with Gasteiger partial charge >= 0.3 is 5.97 Å². The number of carboxylic acid groups (broad SMARTS) is 1. The largest absolute Gasteiger partial charge is 0.477 e. The van der Waals surface area contributed by atoms with Crippen molar-refractivity contribution in [2.75, 3.05) is 13.2 Å². The van der Waals surface area contributed by atoms with Gasteiger partial charge in [0.05, 0.1) is 18.1 Å². The van der Waals surface area contributed by atoms with Crippen molar-refractivity contribution in [3.63, 3.8) is 0 Å². The minimum atomic E-state index is -1.10. The number of hydrogen-bond acceptors (Lipinski definition) is 5. The number of halogens is 1. The molecule has 3 aliphatic rings. The lowest BCUT2D eigenvalue weighted by atomic mass is 9.79. The van der Waals surface area contributed by atoms with Crippen molar-refractivity contribution >= 4 is 23.6 Å². The fourth-order valence-electron chi connectivity index (χ4n) is 4.04. The molecule has 2 saturated heterocycles. The lowest BCUT2D eigenvalue weighted by Crippen LogP contribution is -2.63. The highest BCUT2D eigenvalue weighted by Crippen LogP contribution is 2.51. The summed E-state index contributed by atoms with van der Waals surface area (Å²) >= 11 is 1.49. The number of alkyl halides is 1. The number of carbonyl (C=O) groups is 2. The average molecular weight is 370 g/mol. The third-order valence-corrected chi connectivity index (χ3v) is 6.70. The van der Waals surface area contributed by atoms with Crippen molar-refractivity contribution in [1.29, 1.82) is 0 Å². The molecule has 6 atom stereocenters. The van der Waals surface area contributed by atoms with E-state index in [-0.39, 0.29) is 34.9 Å². The van der Waals surface area contributed by atoms with E-state index < -0.39 is 24.7 Å². The van der Waals surface area contributed by atoms with Gasteiger partial charge in [0.25, 0.3) is 0 Å². The van der Waals surface area contributed by atoms with Crippen LogP contribution >= 0.6 is 11.8 Å². The molecule has 3 N–H and O–H groups in total. The average Bonchev–Trinajstić information content (AvgIpc) is 3.08. The molecule has 138 valence electrons. The molecule has 0 saturated carbocycles. The smallest absolute Gasteiger partial charge is 0.353 e. The molecule has 0 bridgehead atoms. The Labute approximate surface area is 150 Å². The van der Waals surface area contributed by atoms with E-state index in [9.17, 15) is 24.2 Å². The van der Waals surface area contributed by atoms with Gasteiger partial charge in [-0.25, -0.2) is 9.18 Å². The fourth-order valence-corrected chi connectivity index (χ4v) is 5.54. The van der Waals surface area contributed by atoms with Crippen LogP contribution in [0.15, 0.2) is 22.8 Å². The number of β-lactam (4-membered cyclic amide) rings is 1. The molecular formula is C17H23FN2O4S. The number of hydrogen-bond donors (Lipinski definition) is 3. The zero-order valence-electron chi connectivity index (χ0n) is 14.2. The first-order valence-electron chi connectivity index (χ1n) is 8.48. The molecule has 8 heteroatoms. The summed E-state index contributed by atoms with van der Waals surface area (Å²) in [7, 11) is 0. The van der Waals surface area contributed by atoms with Crippen LogP contribution in [0, 0.1) is 11.8 Å². The minimum Gasteiger partial charge on any atom is -0.477 e. The Balaban J connectivity index is 1.77. The lowest BCUT2D eigenvalue weighted by molar-refractivity contribution is -0.163. The predicted molar refractivity (Wildman–Crippen MR) is 92.5 cm³/mol. The number of carbonyl (C=O) groups excluding carboxylic acids is 1. The molecule has 1 amide bonds. The number of carboxylic acids is 1. The molecule has 3 aliphatic heterocycles.